The van der Waals surface area contributed by atoms with Crippen LogP contribution in [0, 0.1) is 22.9 Å². The molecule has 6 nitrogen and oxygen atoms in total. The molecule has 112 valence electrons. The van der Waals surface area contributed by atoms with Gasteiger partial charge in [-0.05, 0) is 31.4 Å². The van der Waals surface area contributed by atoms with Crippen molar-refractivity contribution in [2.75, 3.05) is 11.9 Å². The number of anilines is 1. The number of unbranched alkanes of at least 4 members (excludes halogenated alkanes) is 1. The second kappa shape index (κ2) is 6.83. The highest BCUT2D eigenvalue weighted by Gasteiger charge is 2.16. The summed E-state index contributed by atoms with van der Waals surface area (Å²) >= 11 is 0. The molecule has 0 unspecified atom stereocenters. The lowest BCUT2D eigenvalue weighted by Crippen LogP contribution is -2.06. The Labute approximate surface area is 121 Å². The fraction of sp³-hybridized carbons (Fsp3) is 0.357. The van der Waals surface area contributed by atoms with Crippen LogP contribution < -0.4 is 5.32 Å². The maximum atomic E-state index is 13.4. The van der Waals surface area contributed by atoms with Crippen LogP contribution in [0.1, 0.15) is 18.4 Å². The van der Waals surface area contributed by atoms with Gasteiger partial charge in [-0.15, -0.1) is 0 Å². The summed E-state index contributed by atoms with van der Waals surface area (Å²) in [6.07, 6.45) is 7.15. The van der Waals surface area contributed by atoms with E-state index in [0.717, 1.165) is 25.5 Å². The lowest BCUT2D eigenvalue weighted by Gasteiger charge is -2.09. The monoisotopic (exact) mass is 292 g/mol. The van der Waals surface area contributed by atoms with Gasteiger partial charge in [0.25, 0.3) is 5.69 Å². The van der Waals surface area contributed by atoms with E-state index in [-0.39, 0.29) is 5.69 Å². The predicted octanol–water partition coefficient (Wildman–Crippen LogP) is 3.13. The van der Waals surface area contributed by atoms with Crippen LogP contribution in [0.2, 0.25) is 0 Å². The molecule has 1 N–H and O–H groups in total. The van der Waals surface area contributed by atoms with E-state index in [4.69, 9.17) is 0 Å². The van der Waals surface area contributed by atoms with Gasteiger partial charge in [0, 0.05) is 25.5 Å². The van der Waals surface area contributed by atoms with Crippen LogP contribution in [0.3, 0.4) is 0 Å². The minimum Gasteiger partial charge on any atom is -0.379 e. The summed E-state index contributed by atoms with van der Waals surface area (Å²) in [4.78, 5) is 14.3. The number of imidazole rings is 1. The standard InChI is InChI=1S/C14H17FN4O2/c1-11-8-13(14(19(20)21)9-12(11)15)17-4-2-3-6-18-7-5-16-10-18/h5,7-10,17H,2-4,6H2,1H3. The Bertz CT molecular complexity index is 614. The second-order valence-corrected chi connectivity index (χ2v) is 4.81. The van der Waals surface area contributed by atoms with Gasteiger partial charge in [0.15, 0.2) is 0 Å². The fourth-order valence-electron chi connectivity index (χ4n) is 2.03. The molecule has 0 aliphatic rings. The first-order valence-electron chi connectivity index (χ1n) is 6.72. The van der Waals surface area contributed by atoms with Crippen LogP contribution in [0.25, 0.3) is 0 Å². The molecule has 0 fully saturated rings. The van der Waals surface area contributed by atoms with E-state index in [1.54, 1.807) is 19.4 Å². The number of nitro benzene ring substituents is 1. The molecule has 0 amide bonds. The van der Waals surface area contributed by atoms with E-state index >= 15 is 0 Å². The van der Waals surface area contributed by atoms with Crippen LogP contribution in [0.5, 0.6) is 0 Å². The summed E-state index contributed by atoms with van der Waals surface area (Å²) in [5.41, 5.74) is 0.524. The van der Waals surface area contributed by atoms with Gasteiger partial charge in [0.2, 0.25) is 0 Å². The molecular weight excluding hydrogens is 275 g/mol. The van der Waals surface area contributed by atoms with Crippen LogP contribution in [0.4, 0.5) is 15.8 Å². The van der Waals surface area contributed by atoms with Crippen molar-refractivity contribution in [3.05, 3.63) is 52.3 Å². The van der Waals surface area contributed by atoms with Crippen molar-refractivity contribution in [2.24, 2.45) is 0 Å². The minimum atomic E-state index is -0.573. The van der Waals surface area contributed by atoms with Gasteiger partial charge in [0.1, 0.15) is 11.5 Å². The van der Waals surface area contributed by atoms with Gasteiger partial charge in [0.05, 0.1) is 17.3 Å². The van der Waals surface area contributed by atoms with E-state index < -0.39 is 10.7 Å². The highest BCUT2D eigenvalue weighted by Crippen LogP contribution is 2.27. The van der Waals surface area contributed by atoms with E-state index in [1.165, 1.54) is 6.07 Å². The predicted molar refractivity (Wildman–Crippen MR) is 77.7 cm³/mol. The summed E-state index contributed by atoms with van der Waals surface area (Å²) < 4.78 is 15.4. The average molecular weight is 292 g/mol. The lowest BCUT2D eigenvalue weighted by atomic mass is 10.1. The van der Waals surface area contributed by atoms with Crippen molar-refractivity contribution >= 4 is 11.4 Å². The van der Waals surface area contributed by atoms with Crippen molar-refractivity contribution < 1.29 is 9.31 Å². The number of aryl methyl sites for hydroxylation is 2. The first-order valence-corrected chi connectivity index (χ1v) is 6.72. The summed E-state index contributed by atoms with van der Waals surface area (Å²) in [6.45, 7) is 3.04. The Balaban J connectivity index is 1.87. The molecule has 2 rings (SSSR count). The van der Waals surface area contributed by atoms with Crippen molar-refractivity contribution in [1.29, 1.82) is 0 Å². The summed E-state index contributed by atoms with van der Waals surface area (Å²) in [5, 5.41) is 13.9. The highest BCUT2D eigenvalue weighted by atomic mass is 19.1. The van der Waals surface area contributed by atoms with Crippen molar-refractivity contribution in [2.45, 2.75) is 26.3 Å². The van der Waals surface area contributed by atoms with E-state index in [0.29, 0.717) is 17.8 Å². The number of nitro groups is 1. The van der Waals surface area contributed by atoms with Gasteiger partial charge in [-0.25, -0.2) is 9.37 Å². The number of aromatic nitrogens is 2. The third-order valence-electron chi connectivity index (χ3n) is 3.19. The number of halogens is 1. The maximum Gasteiger partial charge on any atom is 0.295 e. The fourth-order valence-corrected chi connectivity index (χ4v) is 2.03. The van der Waals surface area contributed by atoms with Crippen LogP contribution in [-0.2, 0) is 6.54 Å². The van der Waals surface area contributed by atoms with Crippen LogP contribution >= 0.6 is 0 Å². The quantitative estimate of drug-likeness (QED) is 0.483. The van der Waals surface area contributed by atoms with Crippen LogP contribution in [-0.4, -0.2) is 21.0 Å². The maximum absolute atomic E-state index is 13.4. The summed E-state index contributed by atoms with van der Waals surface area (Å²) in [5.74, 6) is -0.563. The summed E-state index contributed by atoms with van der Waals surface area (Å²) in [6, 6.07) is 2.44. The van der Waals surface area contributed by atoms with Gasteiger partial charge < -0.3 is 9.88 Å². The molecule has 0 saturated heterocycles. The number of nitrogens with one attached hydrogen (secondary N) is 1. The lowest BCUT2D eigenvalue weighted by molar-refractivity contribution is -0.384. The van der Waals surface area contributed by atoms with Crippen molar-refractivity contribution in [3.63, 3.8) is 0 Å². The zero-order chi connectivity index (χ0) is 15.2. The van der Waals surface area contributed by atoms with E-state index in [1.807, 2.05) is 10.8 Å². The smallest absolute Gasteiger partial charge is 0.295 e. The third kappa shape index (κ3) is 4.01. The third-order valence-corrected chi connectivity index (χ3v) is 3.19. The molecule has 0 spiro atoms. The molecule has 1 heterocycles. The van der Waals surface area contributed by atoms with Crippen LogP contribution in [0.15, 0.2) is 30.9 Å². The van der Waals surface area contributed by atoms with Crippen molar-refractivity contribution in [3.8, 4) is 0 Å². The van der Waals surface area contributed by atoms with Gasteiger partial charge in [-0.3, -0.25) is 10.1 Å². The number of benzene rings is 1. The Kier molecular flexibility index (Phi) is 4.86. The highest BCUT2D eigenvalue weighted by molar-refractivity contribution is 5.63. The number of nitrogens with zero attached hydrogens (tertiary/aromatic N) is 3. The molecule has 2 aromatic rings. The van der Waals surface area contributed by atoms with Gasteiger partial charge in [-0.1, -0.05) is 0 Å². The molecule has 0 aliphatic heterocycles. The largest absolute Gasteiger partial charge is 0.379 e. The molecule has 0 saturated carbocycles. The number of hydrogen-bond donors (Lipinski definition) is 1. The molecule has 1 aromatic carbocycles. The second-order valence-electron chi connectivity index (χ2n) is 4.81. The Hall–Kier alpha value is -2.44. The number of hydrogen-bond acceptors (Lipinski definition) is 4. The zero-order valence-electron chi connectivity index (χ0n) is 11.8. The minimum absolute atomic E-state index is 0.229. The molecule has 0 bridgehead atoms. The number of rotatable bonds is 7. The molecule has 21 heavy (non-hydrogen) atoms. The zero-order valence-corrected chi connectivity index (χ0v) is 11.8. The topological polar surface area (TPSA) is 73.0 Å². The molecule has 1 aromatic heterocycles. The molecular formula is C14H17FN4O2. The normalized spacial score (nSPS) is 10.6. The first-order chi connectivity index (χ1) is 10.1. The molecule has 0 aliphatic carbocycles. The SMILES string of the molecule is Cc1cc(NCCCCn2ccnc2)c([N+](=O)[O-])cc1F. The molecule has 0 atom stereocenters. The Morgan fingerprint density at radius 1 is 1.43 bits per heavy atom. The molecule has 0 radical (unpaired) electrons. The average Bonchev–Trinajstić information content (AvgIpc) is 2.95. The van der Waals surface area contributed by atoms with E-state index in [2.05, 4.69) is 10.3 Å². The summed E-state index contributed by atoms with van der Waals surface area (Å²) in [7, 11) is 0. The Morgan fingerprint density at radius 2 is 2.24 bits per heavy atom. The first kappa shape index (κ1) is 15.0. The van der Waals surface area contributed by atoms with E-state index in [9.17, 15) is 14.5 Å². The van der Waals surface area contributed by atoms with Gasteiger partial charge in [-0.2, -0.15) is 0 Å². The Morgan fingerprint density at radius 3 is 2.90 bits per heavy atom. The van der Waals surface area contributed by atoms with Gasteiger partial charge >= 0.3 is 0 Å². The van der Waals surface area contributed by atoms with Crippen molar-refractivity contribution in [1.82, 2.24) is 9.55 Å². The molecule has 7 heteroatoms.